The first-order chi connectivity index (χ1) is 12.5. The van der Waals surface area contributed by atoms with Gasteiger partial charge >= 0.3 is 11.8 Å². The first-order valence-corrected chi connectivity index (χ1v) is 7.77. The van der Waals surface area contributed by atoms with Gasteiger partial charge < -0.3 is 29.4 Å². The molecule has 0 spiro atoms. The lowest BCUT2D eigenvalue weighted by molar-refractivity contribution is -0.390. The normalized spacial score (nSPS) is 11.7. The van der Waals surface area contributed by atoms with Crippen molar-refractivity contribution in [3.05, 3.63) is 46.3 Å². The van der Waals surface area contributed by atoms with Crippen molar-refractivity contribution in [3.8, 4) is 11.6 Å². The van der Waals surface area contributed by atoms with Gasteiger partial charge in [0.05, 0.1) is 25.8 Å². The van der Waals surface area contributed by atoms with Gasteiger partial charge in [0.2, 0.25) is 6.33 Å². The number of nitro groups is 1. The van der Waals surface area contributed by atoms with Crippen molar-refractivity contribution in [3.63, 3.8) is 0 Å². The SMILES string of the molecule is CCOc1c([N+](=O)[O-])ncn1CC(O)COc1ccc(C(=O)OC)cc1. The van der Waals surface area contributed by atoms with Crippen LogP contribution in [0.1, 0.15) is 17.3 Å². The molecule has 0 aliphatic heterocycles. The summed E-state index contributed by atoms with van der Waals surface area (Å²) in [6.45, 7) is 1.87. The molecule has 10 nitrogen and oxygen atoms in total. The van der Waals surface area contributed by atoms with E-state index in [1.165, 1.54) is 18.0 Å². The number of aliphatic hydroxyl groups excluding tert-OH is 1. The number of esters is 1. The lowest BCUT2D eigenvalue weighted by atomic mass is 10.2. The summed E-state index contributed by atoms with van der Waals surface area (Å²) in [7, 11) is 1.29. The summed E-state index contributed by atoms with van der Waals surface area (Å²) < 4.78 is 16.7. The van der Waals surface area contributed by atoms with Crippen molar-refractivity contribution in [2.24, 2.45) is 0 Å². The van der Waals surface area contributed by atoms with Crippen LogP contribution in [0.3, 0.4) is 0 Å². The summed E-state index contributed by atoms with van der Waals surface area (Å²) in [6.07, 6.45) is 0.278. The summed E-state index contributed by atoms with van der Waals surface area (Å²) in [5, 5.41) is 21.0. The monoisotopic (exact) mass is 365 g/mol. The zero-order chi connectivity index (χ0) is 19.1. The Balaban J connectivity index is 1.95. The van der Waals surface area contributed by atoms with Gasteiger partial charge in [0, 0.05) is 0 Å². The van der Waals surface area contributed by atoms with Crippen LogP contribution in [0.5, 0.6) is 11.6 Å². The molecule has 10 heteroatoms. The van der Waals surface area contributed by atoms with E-state index in [-0.39, 0.29) is 25.6 Å². The number of carbonyl (C=O) groups excluding carboxylic acids is 1. The average molecular weight is 365 g/mol. The number of methoxy groups -OCH3 is 1. The Hall–Kier alpha value is -3.14. The smallest absolute Gasteiger partial charge is 0.426 e. The molecule has 0 saturated heterocycles. The molecule has 1 aromatic heterocycles. The summed E-state index contributed by atoms with van der Waals surface area (Å²) in [6, 6.07) is 6.24. The first-order valence-electron chi connectivity index (χ1n) is 7.77. The number of benzene rings is 1. The van der Waals surface area contributed by atoms with Crippen molar-refractivity contribution < 1.29 is 29.0 Å². The lowest BCUT2D eigenvalue weighted by Gasteiger charge is -2.14. The van der Waals surface area contributed by atoms with Gasteiger partial charge in [-0.1, -0.05) is 0 Å². The van der Waals surface area contributed by atoms with Gasteiger partial charge in [-0.3, -0.25) is 4.57 Å². The second-order valence-corrected chi connectivity index (χ2v) is 5.20. The van der Waals surface area contributed by atoms with E-state index >= 15 is 0 Å². The maximum atomic E-state index is 11.4. The zero-order valence-electron chi connectivity index (χ0n) is 14.3. The highest BCUT2D eigenvalue weighted by Crippen LogP contribution is 2.25. The number of carbonyl (C=O) groups is 1. The summed E-state index contributed by atoms with van der Waals surface area (Å²) in [5.41, 5.74) is 0.382. The number of aliphatic hydroxyl groups is 1. The first kappa shape index (κ1) is 19.2. The topological polar surface area (TPSA) is 126 Å². The standard InChI is InChI=1S/C16H19N3O7/c1-3-25-15-14(19(22)23)17-10-18(15)8-12(20)9-26-13-6-4-11(5-7-13)16(21)24-2/h4-7,10,12,20H,3,8-9H2,1-2H3. The Morgan fingerprint density at radius 2 is 2.04 bits per heavy atom. The Morgan fingerprint density at radius 1 is 1.35 bits per heavy atom. The fourth-order valence-electron chi connectivity index (χ4n) is 2.18. The zero-order valence-corrected chi connectivity index (χ0v) is 14.3. The van der Waals surface area contributed by atoms with E-state index in [2.05, 4.69) is 9.72 Å². The lowest BCUT2D eigenvalue weighted by Crippen LogP contribution is -2.23. The largest absolute Gasteiger partial charge is 0.491 e. The summed E-state index contributed by atoms with van der Waals surface area (Å²) in [5.74, 6) is -0.419. The van der Waals surface area contributed by atoms with Crippen molar-refractivity contribution in [2.45, 2.75) is 19.6 Å². The number of aromatic nitrogens is 2. The molecule has 0 amide bonds. The molecule has 0 aliphatic rings. The fourth-order valence-corrected chi connectivity index (χ4v) is 2.18. The number of rotatable bonds is 9. The molecule has 1 atom stereocenters. The van der Waals surface area contributed by atoms with Crippen LogP contribution < -0.4 is 9.47 Å². The van der Waals surface area contributed by atoms with Crippen LogP contribution in [-0.2, 0) is 11.3 Å². The van der Waals surface area contributed by atoms with Crippen LogP contribution in [-0.4, -0.2) is 52.0 Å². The van der Waals surface area contributed by atoms with Crippen molar-refractivity contribution in [1.82, 2.24) is 9.55 Å². The quantitative estimate of drug-likeness (QED) is 0.402. The molecule has 0 aliphatic carbocycles. The highest BCUT2D eigenvalue weighted by Gasteiger charge is 2.24. The minimum Gasteiger partial charge on any atom is -0.491 e. The van der Waals surface area contributed by atoms with Gasteiger partial charge in [-0.2, -0.15) is 0 Å². The molecule has 0 radical (unpaired) electrons. The number of ether oxygens (including phenoxy) is 3. The maximum Gasteiger partial charge on any atom is 0.426 e. The molecule has 26 heavy (non-hydrogen) atoms. The molecule has 1 N–H and O–H groups in total. The Morgan fingerprint density at radius 3 is 2.62 bits per heavy atom. The molecule has 2 aromatic rings. The second kappa shape index (κ2) is 8.81. The molecule has 0 fully saturated rings. The van der Waals surface area contributed by atoms with Crippen LogP contribution in [0.4, 0.5) is 5.82 Å². The van der Waals surface area contributed by atoms with Crippen LogP contribution in [0, 0.1) is 10.1 Å². The molecule has 2 rings (SSSR count). The van der Waals surface area contributed by atoms with Crippen molar-refractivity contribution >= 4 is 11.8 Å². The molecular formula is C16H19N3O7. The summed E-state index contributed by atoms with van der Waals surface area (Å²) >= 11 is 0. The van der Waals surface area contributed by atoms with E-state index in [0.717, 1.165) is 0 Å². The Bertz CT molecular complexity index is 758. The van der Waals surface area contributed by atoms with Crippen LogP contribution in [0.15, 0.2) is 30.6 Å². The third-order valence-electron chi connectivity index (χ3n) is 3.35. The third-order valence-corrected chi connectivity index (χ3v) is 3.35. The highest BCUT2D eigenvalue weighted by atomic mass is 16.6. The van der Waals surface area contributed by atoms with Crippen LogP contribution >= 0.6 is 0 Å². The number of hydrogen-bond acceptors (Lipinski definition) is 8. The molecular weight excluding hydrogens is 346 g/mol. The van der Waals surface area contributed by atoms with E-state index in [1.807, 2.05) is 0 Å². The predicted molar refractivity (Wildman–Crippen MR) is 89.3 cm³/mol. The average Bonchev–Trinajstić information content (AvgIpc) is 3.03. The van der Waals surface area contributed by atoms with E-state index in [9.17, 15) is 20.0 Å². The van der Waals surface area contributed by atoms with Crippen LogP contribution in [0.2, 0.25) is 0 Å². The van der Waals surface area contributed by atoms with E-state index in [1.54, 1.807) is 31.2 Å². The molecule has 1 aromatic carbocycles. The van der Waals surface area contributed by atoms with Crippen LogP contribution in [0.25, 0.3) is 0 Å². The number of imidazole rings is 1. The molecule has 1 unspecified atom stereocenters. The van der Waals surface area contributed by atoms with Gasteiger partial charge in [-0.05, 0) is 41.1 Å². The Labute approximate surface area is 149 Å². The van der Waals surface area contributed by atoms with E-state index < -0.39 is 22.8 Å². The highest BCUT2D eigenvalue weighted by molar-refractivity contribution is 5.89. The third kappa shape index (κ3) is 4.70. The molecule has 0 bridgehead atoms. The van der Waals surface area contributed by atoms with E-state index in [0.29, 0.717) is 11.3 Å². The molecule has 1 heterocycles. The molecule has 140 valence electrons. The summed E-state index contributed by atoms with van der Waals surface area (Å²) in [4.78, 5) is 25.3. The minimum absolute atomic E-state index is 0.0103. The minimum atomic E-state index is -0.955. The van der Waals surface area contributed by atoms with Gasteiger partial charge in [0.25, 0.3) is 5.88 Å². The van der Waals surface area contributed by atoms with Gasteiger partial charge in [0.1, 0.15) is 18.5 Å². The second-order valence-electron chi connectivity index (χ2n) is 5.20. The fraction of sp³-hybridized carbons (Fsp3) is 0.375. The maximum absolute atomic E-state index is 11.4. The van der Waals surface area contributed by atoms with Gasteiger partial charge in [-0.15, -0.1) is 0 Å². The number of hydrogen-bond donors (Lipinski definition) is 1. The van der Waals surface area contributed by atoms with Crippen molar-refractivity contribution in [1.29, 1.82) is 0 Å². The predicted octanol–water partition coefficient (Wildman–Crippen LogP) is 1.42. The van der Waals surface area contributed by atoms with Crippen molar-refractivity contribution in [2.75, 3.05) is 20.3 Å². The van der Waals surface area contributed by atoms with Gasteiger partial charge in [-0.25, -0.2) is 4.79 Å². The Kier molecular flexibility index (Phi) is 6.50. The molecule has 0 saturated carbocycles. The number of nitrogens with zero attached hydrogens (tertiary/aromatic N) is 3. The van der Waals surface area contributed by atoms with Gasteiger partial charge in [0.15, 0.2) is 0 Å². The van der Waals surface area contributed by atoms with E-state index in [4.69, 9.17) is 9.47 Å².